The predicted molar refractivity (Wildman–Crippen MR) is 106 cm³/mol. The lowest BCUT2D eigenvalue weighted by molar-refractivity contribution is -0.155. The molecule has 0 saturated carbocycles. The molecule has 0 spiro atoms. The molecule has 0 unspecified atom stereocenters. The quantitative estimate of drug-likeness (QED) is 0.467. The highest BCUT2D eigenvalue weighted by Crippen LogP contribution is 2.25. The van der Waals surface area contributed by atoms with Crippen molar-refractivity contribution in [3.63, 3.8) is 0 Å². The summed E-state index contributed by atoms with van der Waals surface area (Å²) in [6.45, 7) is 5.82. The first-order chi connectivity index (χ1) is 12.4. The third-order valence-corrected chi connectivity index (χ3v) is 4.77. The van der Waals surface area contributed by atoms with Gasteiger partial charge in [-0.3, -0.25) is 4.79 Å². The number of carbonyl (C=O) groups excluding carboxylic acids is 1. The Morgan fingerprint density at radius 2 is 1.77 bits per heavy atom. The molecule has 0 amide bonds. The van der Waals surface area contributed by atoms with Gasteiger partial charge in [-0.1, -0.05) is 54.2 Å². The zero-order valence-electron chi connectivity index (χ0n) is 15.4. The Bertz CT molecular complexity index is 882. The second kappa shape index (κ2) is 7.96. The highest BCUT2D eigenvalue weighted by molar-refractivity contribution is 7.99. The highest BCUT2D eigenvalue weighted by Gasteiger charge is 2.19. The first-order valence-electron chi connectivity index (χ1n) is 8.76. The summed E-state index contributed by atoms with van der Waals surface area (Å²) in [7, 11) is 0. The van der Waals surface area contributed by atoms with Gasteiger partial charge < -0.3 is 9.30 Å². The monoisotopic (exact) mass is 368 g/mol. The van der Waals surface area contributed by atoms with Crippen LogP contribution in [0.5, 0.6) is 0 Å². The smallest absolute Gasteiger partial charge is 0.326 e. The number of hydrogen-bond donors (Lipinski definition) is 0. The summed E-state index contributed by atoms with van der Waals surface area (Å²) in [4.78, 5) is 17.0. The van der Waals surface area contributed by atoms with E-state index < -0.39 is 5.60 Å². The molecule has 1 aromatic heterocycles. The molecule has 0 fully saturated rings. The fourth-order valence-corrected chi connectivity index (χ4v) is 3.73. The van der Waals surface area contributed by atoms with Crippen LogP contribution in [-0.4, -0.2) is 26.9 Å². The lowest BCUT2D eigenvalue weighted by atomic mass is 10.2. The lowest BCUT2D eigenvalue weighted by Crippen LogP contribution is -2.26. The number of esters is 1. The molecular formula is C21H24N2O2S. The van der Waals surface area contributed by atoms with Crippen molar-refractivity contribution in [3.05, 3.63) is 60.2 Å². The third kappa shape index (κ3) is 4.88. The summed E-state index contributed by atoms with van der Waals surface area (Å²) in [6.07, 6.45) is 0.959. The maximum Gasteiger partial charge on any atom is 0.326 e. The van der Waals surface area contributed by atoms with Gasteiger partial charge in [0.05, 0.1) is 11.0 Å². The number of hydrogen-bond acceptors (Lipinski definition) is 4. The zero-order valence-corrected chi connectivity index (χ0v) is 16.3. The van der Waals surface area contributed by atoms with Crippen molar-refractivity contribution in [2.24, 2.45) is 0 Å². The molecule has 0 aliphatic rings. The van der Waals surface area contributed by atoms with Crippen LogP contribution < -0.4 is 0 Å². The number of thioether (sulfide) groups is 1. The van der Waals surface area contributed by atoms with E-state index >= 15 is 0 Å². The minimum absolute atomic E-state index is 0.172. The van der Waals surface area contributed by atoms with Crippen molar-refractivity contribution >= 4 is 28.8 Å². The van der Waals surface area contributed by atoms with Crippen LogP contribution in [0.25, 0.3) is 11.0 Å². The van der Waals surface area contributed by atoms with Crippen LogP contribution in [0.4, 0.5) is 0 Å². The molecular weight excluding hydrogens is 344 g/mol. The normalized spacial score (nSPS) is 11.7. The summed E-state index contributed by atoms with van der Waals surface area (Å²) in [5, 5.41) is 0.855. The number of para-hydroxylation sites is 2. The lowest BCUT2D eigenvalue weighted by Gasteiger charge is -2.20. The van der Waals surface area contributed by atoms with Gasteiger partial charge in [-0.05, 0) is 44.9 Å². The molecule has 0 bridgehead atoms. The maximum atomic E-state index is 12.3. The largest absolute Gasteiger partial charge is 0.459 e. The molecule has 0 aliphatic carbocycles. The van der Waals surface area contributed by atoms with Gasteiger partial charge in [-0.15, -0.1) is 0 Å². The highest BCUT2D eigenvalue weighted by atomic mass is 32.2. The molecule has 0 atom stereocenters. The van der Waals surface area contributed by atoms with Gasteiger partial charge in [0.25, 0.3) is 0 Å². The van der Waals surface area contributed by atoms with Crippen molar-refractivity contribution in [1.82, 2.24) is 9.55 Å². The van der Waals surface area contributed by atoms with Crippen LogP contribution in [0.15, 0.2) is 59.8 Å². The first-order valence-corrected chi connectivity index (χ1v) is 9.75. The number of benzene rings is 2. The van der Waals surface area contributed by atoms with Gasteiger partial charge in [0.1, 0.15) is 12.1 Å². The minimum atomic E-state index is -0.492. The molecule has 0 aliphatic heterocycles. The van der Waals surface area contributed by atoms with Crippen molar-refractivity contribution in [2.75, 3.05) is 5.75 Å². The van der Waals surface area contributed by atoms with Crippen LogP contribution in [0.3, 0.4) is 0 Å². The number of carbonyl (C=O) groups is 1. The van der Waals surface area contributed by atoms with E-state index in [1.807, 2.05) is 55.7 Å². The molecule has 136 valence electrons. The van der Waals surface area contributed by atoms with Gasteiger partial charge in [-0.25, -0.2) is 4.98 Å². The molecule has 26 heavy (non-hydrogen) atoms. The number of rotatable bonds is 6. The van der Waals surface area contributed by atoms with Gasteiger partial charge in [0.15, 0.2) is 5.16 Å². The first kappa shape index (κ1) is 18.5. The second-order valence-electron chi connectivity index (χ2n) is 7.14. The Labute approximate surface area is 158 Å². The number of aromatic nitrogens is 2. The van der Waals surface area contributed by atoms with Crippen LogP contribution in [0.2, 0.25) is 0 Å². The van der Waals surface area contributed by atoms with Crippen molar-refractivity contribution < 1.29 is 9.53 Å². The van der Waals surface area contributed by atoms with E-state index in [0.717, 1.165) is 28.4 Å². The number of ether oxygens (including phenoxy) is 1. The average molecular weight is 369 g/mol. The molecule has 3 rings (SSSR count). The molecule has 0 radical (unpaired) electrons. The van der Waals surface area contributed by atoms with Crippen LogP contribution in [0, 0.1) is 0 Å². The molecule has 4 nitrogen and oxygen atoms in total. The topological polar surface area (TPSA) is 44.1 Å². The van der Waals surface area contributed by atoms with Crippen molar-refractivity contribution in [1.29, 1.82) is 0 Å². The third-order valence-electron chi connectivity index (χ3n) is 3.79. The summed E-state index contributed by atoms with van der Waals surface area (Å²) < 4.78 is 7.45. The fraction of sp³-hybridized carbons (Fsp3) is 0.333. The molecule has 1 heterocycles. The van der Waals surface area contributed by atoms with Crippen LogP contribution in [-0.2, 0) is 22.5 Å². The zero-order chi connectivity index (χ0) is 18.6. The maximum absolute atomic E-state index is 12.3. The van der Waals surface area contributed by atoms with Crippen molar-refractivity contribution in [2.45, 2.75) is 44.5 Å². The molecule has 3 aromatic rings. The number of nitrogens with zero attached hydrogens (tertiary/aromatic N) is 2. The van der Waals surface area contributed by atoms with E-state index in [-0.39, 0.29) is 12.5 Å². The average Bonchev–Trinajstić information content (AvgIpc) is 2.92. The van der Waals surface area contributed by atoms with Crippen LogP contribution >= 0.6 is 11.8 Å². The van der Waals surface area contributed by atoms with E-state index in [2.05, 4.69) is 24.3 Å². The second-order valence-corrected chi connectivity index (χ2v) is 8.20. The van der Waals surface area contributed by atoms with Gasteiger partial charge >= 0.3 is 5.97 Å². The Hall–Kier alpha value is -2.27. The summed E-state index contributed by atoms with van der Waals surface area (Å²) in [5.74, 6) is 0.660. The van der Waals surface area contributed by atoms with Gasteiger partial charge in [0.2, 0.25) is 0 Å². The van der Waals surface area contributed by atoms with Crippen LogP contribution in [0.1, 0.15) is 26.3 Å². The molecule has 0 N–H and O–H groups in total. The molecule has 5 heteroatoms. The number of imidazole rings is 1. The summed E-state index contributed by atoms with van der Waals surface area (Å²) >= 11 is 1.67. The van der Waals surface area contributed by atoms with Gasteiger partial charge in [-0.2, -0.15) is 0 Å². The molecule has 2 aromatic carbocycles. The Morgan fingerprint density at radius 1 is 1.08 bits per heavy atom. The Morgan fingerprint density at radius 3 is 2.50 bits per heavy atom. The standard InChI is InChI=1S/C21H24N2O2S/c1-21(2,3)25-19(24)15-23-18-12-8-7-11-17(18)22-20(23)26-14-13-16-9-5-4-6-10-16/h4-12H,13-15H2,1-3H3. The Balaban J connectivity index is 1.77. The summed E-state index contributed by atoms with van der Waals surface area (Å²) in [5.41, 5.74) is 2.67. The Kier molecular flexibility index (Phi) is 5.67. The fourth-order valence-electron chi connectivity index (χ4n) is 2.72. The van der Waals surface area contributed by atoms with Gasteiger partial charge in [0, 0.05) is 5.75 Å². The van der Waals surface area contributed by atoms with E-state index in [9.17, 15) is 4.79 Å². The van der Waals surface area contributed by atoms with Crippen molar-refractivity contribution in [3.8, 4) is 0 Å². The van der Waals surface area contributed by atoms with E-state index in [4.69, 9.17) is 9.72 Å². The summed E-state index contributed by atoms with van der Waals surface area (Å²) in [6, 6.07) is 18.3. The number of aryl methyl sites for hydroxylation is 1. The van der Waals surface area contributed by atoms with E-state index in [1.54, 1.807) is 11.8 Å². The molecule has 0 saturated heterocycles. The predicted octanol–water partition coefficient (Wildman–Crippen LogP) is 4.71. The van der Waals surface area contributed by atoms with E-state index in [1.165, 1.54) is 5.56 Å². The SMILES string of the molecule is CC(C)(C)OC(=O)Cn1c(SCCc2ccccc2)nc2ccccc21. The number of fused-ring (bicyclic) bond motifs is 1. The minimum Gasteiger partial charge on any atom is -0.459 e. The van der Waals surface area contributed by atoms with E-state index in [0.29, 0.717) is 0 Å².